The van der Waals surface area contributed by atoms with Crippen LogP contribution in [0.25, 0.3) is 0 Å². The van der Waals surface area contributed by atoms with Crippen molar-refractivity contribution >= 4 is 11.7 Å². The highest BCUT2D eigenvalue weighted by Crippen LogP contribution is 2.23. The summed E-state index contributed by atoms with van der Waals surface area (Å²) < 4.78 is 0. The van der Waals surface area contributed by atoms with Crippen molar-refractivity contribution in [3.63, 3.8) is 0 Å². The van der Waals surface area contributed by atoms with Crippen LogP contribution >= 0.6 is 0 Å². The number of hydrogen-bond donors (Lipinski definition) is 3. The number of nitrogens with one attached hydrogen (secondary N) is 1. The van der Waals surface area contributed by atoms with Crippen LogP contribution in [0.3, 0.4) is 0 Å². The first-order valence-corrected chi connectivity index (χ1v) is 6.38. The van der Waals surface area contributed by atoms with E-state index in [0.29, 0.717) is 5.69 Å². The summed E-state index contributed by atoms with van der Waals surface area (Å²) in [6.45, 7) is 1.73. The Labute approximate surface area is 117 Å². The molecule has 104 valence electrons. The Morgan fingerprint density at radius 3 is 2.50 bits per heavy atom. The van der Waals surface area contributed by atoms with E-state index in [4.69, 9.17) is 0 Å². The van der Waals surface area contributed by atoms with Crippen LogP contribution in [-0.2, 0) is 0 Å². The molecule has 0 spiro atoms. The van der Waals surface area contributed by atoms with Gasteiger partial charge in [-0.15, -0.1) is 0 Å². The molecule has 1 unspecified atom stereocenters. The molecule has 1 atom stereocenters. The maximum Gasteiger partial charge on any atom is 0.337 e. The zero-order chi connectivity index (χ0) is 14.5. The van der Waals surface area contributed by atoms with E-state index >= 15 is 0 Å². The summed E-state index contributed by atoms with van der Waals surface area (Å²) >= 11 is 0. The number of aliphatic hydroxyl groups excluding tert-OH is 1. The smallest absolute Gasteiger partial charge is 0.337 e. The molecule has 0 aliphatic rings. The van der Waals surface area contributed by atoms with E-state index in [1.165, 1.54) is 0 Å². The Hall–Kier alpha value is -2.33. The van der Waals surface area contributed by atoms with Gasteiger partial charge in [0.15, 0.2) is 0 Å². The van der Waals surface area contributed by atoms with Crippen LogP contribution in [0, 0.1) is 6.92 Å². The molecule has 4 heteroatoms. The monoisotopic (exact) mass is 271 g/mol. The van der Waals surface area contributed by atoms with Gasteiger partial charge in [-0.2, -0.15) is 0 Å². The van der Waals surface area contributed by atoms with E-state index in [1.54, 1.807) is 12.1 Å². The molecule has 0 amide bonds. The number of benzene rings is 2. The highest BCUT2D eigenvalue weighted by molar-refractivity contribution is 5.94. The number of hydrogen-bond acceptors (Lipinski definition) is 3. The highest BCUT2D eigenvalue weighted by Gasteiger charge is 2.15. The van der Waals surface area contributed by atoms with Crippen LogP contribution in [0.15, 0.2) is 48.5 Å². The van der Waals surface area contributed by atoms with Gasteiger partial charge in [-0.1, -0.05) is 42.0 Å². The molecule has 0 bridgehead atoms. The van der Waals surface area contributed by atoms with Gasteiger partial charge in [-0.05, 0) is 24.6 Å². The molecule has 0 fully saturated rings. The fourth-order valence-corrected chi connectivity index (χ4v) is 2.07. The Morgan fingerprint density at radius 2 is 1.90 bits per heavy atom. The van der Waals surface area contributed by atoms with Crippen molar-refractivity contribution in [3.05, 3.63) is 65.2 Å². The zero-order valence-corrected chi connectivity index (χ0v) is 11.2. The van der Waals surface area contributed by atoms with Crippen molar-refractivity contribution in [1.82, 2.24) is 0 Å². The van der Waals surface area contributed by atoms with Crippen molar-refractivity contribution in [3.8, 4) is 0 Å². The molecule has 2 aromatic rings. The van der Waals surface area contributed by atoms with Crippen LogP contribution in [0.2, 0.25) is 0 Å². The first-order chi connectivity index (χ1) is 9.61. The number of aliphatic hydroxyl groups is 1. The van der Waals surface area contributed by atoms with Gasteiger partial charge in [-0.3, -0.25) is 0 Å². The zero-order valence-electron chi connectivity index (χ0n) is 11.2. The number of aryl methyl sites for hydroxylation is 1. The fourth-order valence-electron chi connectivity index (χ4n) is 2.07. The van der Waals surface area contributed by atoms with Crippen molar-refractivity contribution < 1.29 is 15.0 Å². The van der Waals surface area contributed by atoms with Crippen molar-refractivity contribution in [2.75, 3.05) is 11.9 Å². The first-order valence-electron chi connectivity index (χ1n) is 6.38. The van der Waals surface area contributed by atoms with Gasteiger partial charge < -0.3 is 15.5 Å². The average molecular weight is 271 g/mol. The largest absolute Gasteiger partial charge is 0.478 e. The Balaban J connectivity index is 2.31. The summed E-state index contributed by atoms with van der Waals surface area (Å²) in [5.74, 6) is -0.985. The Bertz CT molecular complexity index is 596. The van der Waals surface area contributed by atoms with Crippen LogP contribution < -0.4 is 5.32 Å². The standard InChI is InChI=1S/C16H17NO3/c1-11-7-8-14(13(9-11)16(19)20)17-15(10-18)12-5-3-2-4-6-12/h2-9,15,17-18H,10H2,1H3,(H,19,20). The lowest BCUT2D eigenvalue weighted by atomic mass is 10.0. The molecule has 2 aromatic carbocycles. The van der Waals surface area contributed by atoms with Gasteiger partial charge in [0.25, 0.3) is 0 Å². The molecule has 0 saturated carbocycles. The minimum Gasteiger partial charge on any atom is -0.478 e. The molecule has 0 aliphatic heterocycles. The molecule has 20 heavy (non-hydrogen) atoms. The molecule has 3 N–H and O–H groups in total. The number of rotatable bonds is 5. The van der Waals surface area contributed by atoms with E-state index in [0.717, 1.165) is 11.1 Å². The van der Waals surface area contributed by atoms with E-state index in [-0.39, 0.29) is 18.2 Å². The van der Waals surface area contributed by atoms with Gasteiger partial charge in [0.05, 0.1) is 18.2 Å². The Morgan fingerprint density at radius 1 is 1.20 bits per heavy atom. The van der Waals surface area contributed by atoms with Crippen molar-refractivity contribution in [2.24, 2.45) is 0 Å². The molecule has 0 radical (unpaired) electrons. The van der Waals surface area contributed by atoms with Gasteiger partial charge in [0.2, 0.25) is 0 Å². The lowest BCUT2D eigenvalue weighted by Gasteiger charge is -2.19. The third-order valence-corrected chi connectivity index (χ3v) is 3.12. The molecular weight excluding hydrogens is 254 g/mol. The minimum atomic E-state index is -0.985. The number of carboxylic acids is 1. The normalized spacial score (nSPS) is 11.9. The third-order valence-electron chi connectivity index (χ3n) is 3.12. The van der Waals surface area contributed by atoms with Crippen LogP contribution in [0.5, 0.6) is 0 Å². The predicted octanol–water partition coefficient (Wildman–Crippen LogP) is 2.84. The van der Waals surface area contributed by atoms with Crippen LogP contribution in [0.1, 0.15) is 27.5 Å². The fraction of sp³-hybridized carbons (Fsp3) is 0.188. The number of anilines is 1. The summed E-state index contributed by atoms with van der Waals surface area (Å²) in [7, 11) is 0. The highest BCUT2D eigenvalue weighted by atomic mass is 16.4. The molecule has 2 rings (SSSR count). The SMILES string of the molecule is Cc1ccc(NC(CO)c2ccccc2)c(C(=O)O)c1. The second-order valence-corrected chi connectivity index (χ2v) is 4.64. The second kappa shape index (κ2) is 6.21. The summed E-state index contributed by atoms with van der Waals surface area (Å²) in [6, 6.07) is 14.3. The lowest BCUT2D eigenvalue weighted by molar-refractivity contribution is 0.0697. The molecule has 0 aromatic heterocycles. The number of carboxylic acid groups (broad SMARTS) is 1. The molecule has 0 aliphatic carbocycles. The first kappa shape index (κ1) is 14.1. The maximum atomic E-state index is 11.3. The van der Waals surface area contributed by atoms with Gasteiger partial charge >= 0.3 is 5.97 Å². The van der Waals surface area contributed by atoms with Gasteiger partial charge in [-0.25, -0.2) is 4.79 Å². The third kappa shape index (κ3) is 3.16. The van der Waals surface area contributed by atoms with Crippen molar-refractivity contribution in [2.45, 2.75) is 13.0 Å². The molecule has 0 saturated heterocycles. The van der Waals surface area contributed by atoms with Gasteiger partial charge in [0, 0.05) is 5.69 Å². The summed E-state index contributed by atoms with van der Waals surface area (Å²) in [5.41, 5.74) is 2.51. The van der Waals surface area contributed by atoms with Gasteiger partial charge in [0.1, 0.15) is 0 Å². The predicted molar refractivity (Wildman–Crippen MR) is 78.0 cm³/mol. The topological polar surface area (TPSA) is 69.6 Å². The van der Waals surface area contributed by atoms with E-state index in [1.807, 2.05) is 43.3 Å². The van der Waals surface area contributed by atoms with Crippen molar-refractivity contribution in [1.29, 1.82) is 0 Å². The lowest BCUT2D eigenvalue weighted by Crippen LogP contribution is -2.17. The maximum absolute atomic E-state index is 11.3. The average Bonchev–Trinajstić information content (AvgIpc) is 2.46. The van der Waals surface area contributed by atoms with Crippen LogP contribution in [-0.4, -0.2) is 22.8 Å². The minimum absolute atomic E-state index is 0.114. The molecular formula is C16H17NO3. The van der Waals surface area contributed by atoms with Crippen LogP contribution in [0.4, 0.5) is 5.69 Å². The summed E-state index contributed by atoms with van der Waals surface area (Å²) in [4.78, 5) is 11.3. The molecule has 0 heterocycles. The summed E-state index contributed by atoms with van der Waals surface area (Å²) in [6.07, 6.45) is 0. The second-order valence-electron chi connectivity index (χ2n) is 4.64. The number of carbonyl (C=O) groups is 1. The van der Waals surface area contributed by atoms with E-state index in [2.05, 4.69) is 5.32 Å². The molecule has 4 nitrogen and oxygen atoms in total. The summed E-state index contributed by atoms with van der Waals surface area (Å²) in [5, 5.41) is 21.8. The quantitative estimate of drug-likeness (QED) is 0.782. The number of aromatic carboxylic acids is 1. The van der Waals surface area contributed by atoms with E-state index in [9.17, 15) is 15.0 Å². The Kier molecular flexibility index (Phi) is 4.38. The van der Waals surface area contributed by atoms with E-state index < -0.39 is 5.97 Å².